The predicted octanol–water partition coefficient (Wildman–Crippen LogP) is 2.27. The van der Waals surface area contributed by atoms with Crippen LogP contribution in [0.15, 0.2) is 24.3 Å². The summed E-state index contributed by atoms with van der Waals surface area (Å²) in [6.07, 6.45) is 1.05. The van der Waals surface area contributed by atoms with Gasteiger partial charge in [-0.25, -0.2) is 0 Å². The molecule has 0 bridgehead atoms. The molecule has 1 aromatic carbocycles. The van der Waals surface area contributed by atoms with Crippen LogP contribution in [-0.4, -0.2) is 35.2 Å². The van der Waals surface area contributed by atoms with E-state index in [9.17, 15) is 20.0 Å². The minimum absolute atomic E-state index is 0.0429. The summed E-state index contributed by atoms with van der Waals surface area (Å²) in [7, 11) is 0. The number of esters is 1. The summed E-state index contributed by atoms with van der Waals surface area (Å²) in [5.74, 6) is -0.650. The van der Waals surface area contributed by atoms with Gasteiger partial charge >= 0.3 is 5.97 Å². The number of carbonyl (C=O) groups is 2. The van der Waals surface area contributed by atoms with E-state index >= 15 is 0 Å². The van der Waals surface area contributed by atoms with Crippen molar-refractivity contribution in [2.75, 3.05) is 11.5 Å². The van der Waals surface area contributed by atoms with Gasteiger partial charge in [-0.2, -0.15) is 5.26 Å². The van der Waals surface area contributed by atoms with Gasteiger partial charge in [-0.05, 0) is 31.4 Å². The molecule has 1 aromatic rings. The zero-order valence-corrected chi connectivity index (χ0v) is 14.3. The SMILES string of the molecule is CCOC(=O)CC[C@]1(O)CCC(=O)N2c3ccccc3C(CC#N)[C@@H]21. The first-order valence-electron chi connectivity index (χ1n) is 8.67. The van der Waals surface area contributed by atoms with Crippen LogP contribution < -0.4 is 4.90 Å². The number of anilines is 1. The zero-order valence-electron chi connectivity index (χ0n) is 14.3. The van der Waals surface area contributed by atoms with E-state index in [1.165, 1.54) is 0 Å². The van der Waals surface area contributed by atoms with E-state index in [4.69, 9.17) is 4.74 Å². The Labute approximate surface area is 147 Å². The topological polar surface area (TPSA) is 90.6 Å². The van der Waals surface area contributed by atoms with E-state index < -0.39 is 11.6 Å². The molecule has 6 heteroatoms. The number of amides is 1. The van der Waals surface area contributed by atoms with Gasteiger partial charge in [0.05, 0.1) is 24.3 Å². The number of carbonyl (C=O) groups excluding carboxylic acids is 2. The van der Waals surface area contributed by atoms with Gasteiger partial charge < -0.3 is 14.7 Å². The second-order valence-electron chi connectivity index (χ2n) is 6.64. The summed E-state index contributed by atoms with van der Waals surface area (Å²) in [4.78, 5) is 25.9. The Balaban J connectivity index is 1.94. The van der Waals surface area contributed by atoms with Crippen molar-refractivity contribution < 1.29 is 19.4 Å². The van der Waals surface area contributed by atoms with E-state index in [0.29, 0.717) is 13.0 Å². The largest absolute Gasteiger partial charge is 0.466 e. The molecular formula is C19H22N2O4. The highest BCUT2D eigenvalue weighted by Crippen LogP contribution is 2.51. The number of hydrogen-bond donors (Lipinski definition) is 1. The van der Waals surface area contributed by atoms with Crippen LogP contribution in [0.25, 0.3) is 0 Å². The van der Waals surface area contributed by atoms with Gasteiger partial charge in [0, 0.05) is 30.9 Å². The molecular weight excluding hydrogens is 320 g/mol. The molecule has 25 heavy (non-hydrogen) atoms. The van der Waals surface area contributed by atoms with Gasteiger partial charge in [0.25, 0.3) is 0 Å². The number of ether oxygens (including phenoxy) is 1. The lowest BCUT2D eigenvalue weighted by molar-refractivity contribution is -0.145. The molecule has 0 radical (unpaired) electrons. The molecule has 0 saturated carbocycles. The minimum Gasteiger partial charge on any atom is -0.466 e. The molecule has 0 aromatic heterocycles. The molecule has 3 atom stereocenters. The number of aliphatic hydroxyl groups is 1. The summed E-state index contributed by atoms with van der Waals surface area (Å²) in [6, 6.07) is 9.16. The Hall–Kier alpha value is -2.39. The van der Waals surface area contributed by atoms with Crippen molar-refractivity contribution >= 4 is 17.6 Å². The Bertz CT molecular complexity index is 726. The molecule has 3 rings (SSSR count). The zero-order chi connectivity index (χ0) is 18.0. The van der Waals surface area contributed by atoms with Crippen LogP contribution in [0.2, 0.25) is 0 Å². The molecule has 2 heterocycles. The summed E-state index contributed by atoms with van der Waals surface area (Å²) < 4.78 is 4.96. The lowest BCUT2D eigenvalue weighted by Crippen LogP contribution is -2.59. The van der Waals surface area contributed by atoms with Crippen LogP contribution >= 0.6 is 0 Å². The van der Waals surface area contributed by atoms with Crippen LogP contribution in [-0.2, 0) is 14.3 Å². The van der Waals surface area contributed by atoms with Crippen LogP contribution in [0, 0.1) is 11.3 Å². The van der Waals surface area contributed by atoms with Gasteiger partial charge in [0.2, 0.25) is 5.91 Å². The van der Waals surface area contributed by atoms with E-state index in [2.05, 4.69) is 6.07 Å². The highest BCUT2D eigenvalue weighted by molar-refractivity contribution is 5.98. The van der Waals surface area contributed by atoms with Crippen LogP contribution in [0.4, 0.5) is 5.69 Å². The molecule has 0 aliphatic carbocycles. The number of nitriles is 1. The first-order valence-corrected chi connectivity index (χ1v) is 8.67. The highest BCUT2D eigenvalue weighted by Gasteiger charge is 2.54. The average molecular weight is 342 g/mol. The lowest BCUT2D eigenvalue weighted by atomic mass is 9.74. The Morgan fingerprint density at radius 1 is 1.48 bits per heavy atom. The maximum absolute atomic E-state index is 12.6. The van der Waals surface area contributed by atoms with Crippen molar-refractivity contribution in [2.45, 2.75) is 56.6 Å². The summed E-state index contributed by atoms with van der Waals surface area (Å²) in [6.45, 7) is 2.04. The second kappa shape index (κ2) is 6.85. The van der Waals surface area contributed by atoms with Crippen LogP contribution in [0.1, 0.15) is 50.5 Å². The monoisotopic (exact) mass is 342 g/mol. The van der Waals surface area contributed by atoms with Crippen molar-refractivity contribution in [3.8, 4) is 6.07 Å². The molecule has 132 valence electrons. The third-order valence-electron chi connectivity index (χ3n) is 5.22. The Kier molecular flexibility index (Phi) is 4.78. The molecule has 1 fully saturated rings. The minimum atomic E-state index is -1.21. The molecule has 0 spiro atoms. The number of hydrogen-bond acceptors (Lipinski definition) is 5. The average Bonchev–Trinajstić information content (AvgIpc) is 2.94. The predicted molar refractivity (Wildman–Crippen MR) is 90.7 cm³/mol. The first-order chi connectivity index (χ1) is 12.0. The number of fused-ring (bicyclic) bond motifs is 3. The van der Waals surface area contributed by atoms with E-state index in [-0.39, 0.29) is 43.5 Å². The van der Waals surface area contributed by atoms with Crippen molar-refractivity contribution in [1.29, 1.82) is 5.26 Å². The molecule has 1 unspecified atom stereocenters. The summed E-state index contributed by atoms with van der Waals surface area (Å²) in [5, 5.41) is 20.6. The van der Waals surface area contributed by atoms with Crippen molar-refractivity contribution in [2.24, 2.45) is 0 Å². The van der Waals surface area contributed by atoms with Crippen LogP contribution in [0.3, 0.4) is 0 Å². The molecule has 1 amide bonds. The van der Waals surface area contributed by atoms with Gasteiger partial charge in [-0.15, -0.1) is 0 Å². The number of benzene rings is 1. The van der Waals surface area contributed by atoms with E-state index in [0.717, 1.165) is 11.3 Å². The van der Waals surface area contributed by atoms with E-state index in [1.807, 2.05) is 24.3 Å². The summed E-state index contributed by atoms with van der Waals surface area (Å²) >= 11 is 0. The Morgan fingerprint density at radius 2 is 2.24 bits per heavy atom. The molecule has 1 N–H and O–H groups in total. The fourth-order valence-corrected chi connectivity index (χ4v) is 4.16. The third-order valence-corrected chi connectivity index (χ3v) is 5.22. The van der Waals surface area contributed by atoms with Gasteiger partial charge in [-0.3, -0.25) is 9.59 Å². The lowest BCUT2D eigenvalue weighted by Gasteiger charge is -2.45. The van der Waals surface area contributed by atoms with Crippen molar-refractivity contribution in [3.63, 3.8) is 0 Å². The standard InChI is InChI=1S/C19H22N2O4/c1-2-25-17(23)8-11-19(24)10-7-16(22)21-15-6-4-3-5-13(15)14(9-12-20)18(19)21/h3-6,14,18,24H,2,7-11H2,1H3/t14?,18-,19-/m1/s1. The summed E-state index contributed by atoms with van der Waals surface area (Å²) in [5.41, 5.74) is 0.479. The maximum Gasteiger partial charge on any atom is 0.305 e. The second-order valence-corrected chi connectivity index (χ2v) is 6.64. The smallest absolute Gasteiger partial charge is 0.305 e. The molecule has 2 aliphatic rings. The normalized spacial score (nSPS) is 27.4. The fourth-order valence-electron chi connectivity index (χ4n) is 4.16. The van der Waals surface area contributed by atoms with E-state index in [1.54, 1.807) is 11.8 Å². The number of nitrogens with zero attached hydrogens (tertiary/aromatic N) is 2. The third kappa shape index (κ3) is 3.00. The van der Waals surface area contributed by atoms with Crippen molar-refractivity contribution in [1.82, 2.24) is 0 Å². The van der Waals surface area contributed by atoms with Crippen LogP contribution in [0.5, 0.6) is 0 Å². The first kappa shape index (κ1) is 17.4. The number of rotatable bonds is 5. The van der Waals surface area contributed by atoms with Gasteiger partial charge in [0.1, 0.15) is 0 Å². The highest BCUT2D eigenvalue weighted by atomic mass is 16.5. The molecule has 6 nitrogen and oxygen atoms in total. The number of piperidine rings is 1. The fraction of sp³-hybridized carbons (Fsp3) is 0.526. The molecule has 1 saturated heterocycles. The van der Waals surface area contributed by atoms with Crippen molar-refractivity contribution in [3.05, 3.63) is 29.8 Å². The quantitative estimate of drug-likeness (QED) is 0.829. The Morgan fingerprint density at radius 3 is 2.96 bits per heavy atom. The van der Waals surface area contributed by atoms with Gasteiger partial charge in [0.15, 0.2) is 0 Å². The number of para-hydroxylation sites is 1. The molecule has 2 aliphatic heterocycles. The maximum atomic E-state index is 12.6. The van der Waals surface area contributed by atoms with Gasteiger partial charge in [-0.1, -0.05) is 18.2 Å².